The molecule has 0 radical (unpaired) electrons. The number of unbranched alkanes of at least 4 members (excludes halogenated alkanes) is 2. The zero-order chi connectivity index (χ0) is 42.7. The molecule has 0 bridgehead atoms. The topological polar surface area (TPSA) is 114 Å². The number of hydrogen-bond acceptors (Lipinski definition) is 8. The first-order valence-electron chi connectivity index (χ1n) is 21.8. The molecule has 8 rings (SSSR count). The largest absolute Gasteiger partial charge is 0.344 e. The molecule has 0 atom stereocenters. The molecule has 1 saturated heterocycles. The lowest BCUT2D eigenvalue weighted by molar-refractivity contribution is -0.437. The summed E-state index contributed by atoms with van der Waals surface area (Å²) in [5, 5.41) is 9.98. The summed E-state index contributed by atoms with van der Waals surface area (Å²) in [6.07, 6.45) is 19.4. The molecular weight excluding hydrogens is 763 g/mol. The molecule has 314 valence electrons. The fourth-order valence-corrected chi connectivity index (χ4v) is 9.40. The molecule has 11 heteroatoms. The Morgan fingerprint density at radius 3 is 2.34 bits per heavy atom. The molecule has 4 aromatic rings. The number of aromatic nitrogens is 4. The number of para-hydroxylation sites is 2. The average molecular weight is 819 g/mol. The molecule has 0 unspecified atom stereocenters. The Bertz CT molecular complexity index is 2490. The number of carbonyl (C=O) groups is 3. The highest BCUT2D eigenvalue weighted by Crippen LogP contribution is 2.48. The van der Waals surface area contributed by atoms with Gasteiger partial charge in [0, 0.05) is 72.9 Å². The maximum atomic E-state index is 12.5. The standard InChI is InChI=1S/C50H56N7O4/c1-6-32-54-41-22-11-9-19-37(41)49(2,3)43(54)27-25-35-17-16-18-36(48(35)56-34-40(52-53-56)39-21-13-14-31-51-39)26-28-44-50(4,5)38-20-10-12-23-42(38)55(44)33-15-7-8-24-47(60)61-57-45(58)29-30-46(57)59/h9-14,19-23,25-28,31,34H,6-8,15-18,24,29-30,32-33H2,1-5H3/q+1. The van der Waals surface area contributed by atoms with Crippen LogP contribution < -0.4 is 4.90 Å². The Morgan fingerprint density at radius 1 is 0.820 bits per heavy atom. The Kier molecular flexibility index (Phi) is 11.8. The van der Waals surface area contributed by atoms with Crippen LogP contribution in [-0.2, 0) is 30.1 Å². The van der Waals surface area contributed by atoms with Gasteiger partial charge in [-0.15, -0.1) is 10.2 Å². The minimum atomic E-state index is -0.553. The van der Waals surface area contributed by atoms with E-state index >= 15 is 0 Å². The van der Waals surface area contributed by atoms with Gasteiger partial charge in [-0.25, -0.2) is 9.48 Å². The molecule has 1 fully saturated rings. The van der Waals surface area contributed by atoms with Crippen molar-refractivity contribution >= 4 is 40.6 Å². The molecule has 5 heterocycles. The van der Waals surface area contributed by atoms with Crippen LogP contribution in [-0.4, -0.2) is 66.2 Å². The number of imide groups is 1. The molecule has 61 heavy (non-hydrogen) atoms. The zero-order valence-corrected chi connectivity index (χ0v) is 36.1. The van der Waals surface area contributed by atoms with Gasteiger partial charge >= 0.3 is 5.97 Å². The van der Waals surface area contributed by atoms with E-state index in [4.69, 9.17) is 10.1 Å². The van der Waals surface area contributed by atoms with E-state index in [-0.39, 0.29) is 30.1 Å². The normalized spacial score (nSPS) is 19.6. The summed E-state index contributed by atoms with van der Waals surface area (Å²) >= 11 is 0. The first-order chi connectivity index (χ1) is 29.5. The summed E-state index contributed by atoms with van der Waals surface area (Å²) in [6.45, 7) is 13.2. The maximum absolute atomic E-state index is 12.5. The van der Waals surface area contributed by atoms with Crippen LogP contribution in [0.1, 0.15) is 110 Å². The van der Waals surface area contributed by atoms with Crippen LogP contribution in [0.15, 0.2) is 120 Å². The Balaban J connectivity index is 1.11. The van der Waals surface area contributed by atoms with Crippen LogP contribution in [0.4, 0.5) is 11.4 Å². The van der Waals surface area contributed by atoms with E-state index in [1.807, 2.05) is 29.1 Å². The Morgan fingerprint density at radius 2 is 1.57 bits per heavy atom. The highest BCUT2D eigenvalue weighted by Gasteiger charge is 2.44. The Hall–Kier alpha value is -6.23. The van der Waals surface area contributed by atoms with E-state index in [0.29, 0.717) is 11.5 Å². The fraction of sp³-hybridized carbons (Fsp3) is 0.380. The Labute approximate surface area is 358 Å². The molecule has 0 spiro atoms. The van der Waals surface area contributed by atoms with Gasteiger partial charge in [0.1, 0.15) is 12.2 Å². The second-order valence-electron chi connectivity index (χ2n) is 17.4. The lowest BCUT2D eigenvalue weighted by Gasteiger charge is -2.27. The highest BCUT2D eigenvalue weighted by molar-refractivity contribution is 6.03. The van der Waals surface area contributed by atoms with Gasteiger partial charge in [-0.1, -0.05) is 87.0 Å². The van der Waals surface area contributed by atoms with E-state index in [9.17, 15) is 14.4 Å². The number of fused-ring (bicyclic) bond motifs is 2. The van der Waals surface area contributed by atoms with Crippen molar-refractivity contribution < 1.29 is 23.8 Å². The van der Waals surface area contributed by atoms with Crippen molar-refractivity contribution in [1.82, 2.24) is 25.0 Å². The fourth-order valence-electron chi connectivity index (χ4n) is 9.40. The quantitative estimate of drug-likeness (QED) is 0.0703. The molecule has 1 aliphatic carbocycles. The lowest BCUT2D eigenvalue weighted by Crippen LogP contribution is -2.32. The van der Waals surface area contributed by atoms with E-state index in [0.717, 1.165) is 68.7 Å². The van der Waals surface area contributed by atoms with E-state index in [2.05, 4.69) is 127 Å². The van der Waals surface area contributed by atoms with Gasteiger partial charge in [0.05, 0.1) is 23.0 Å². The third-order valence-electron chi connectivity index (χ3n) is 12.5. The number of rotatable bonds is 14. The third-order valence-corrected chi connectivity index (χ3v) is 12.5. The van der Waals surface area contributed by atoms with Gasteiger partial charge in [-0.05, 0) is 86.9 Å². The van der Waals surface area contributed by atoms with Gasteiger partial charge in [0.2, 0.25) is 5.69 Å². The molecule has 0 saturated carbocycles. The van der Waals surface area contributed by atoms with Crippen molar-refractivity contribution in [1.29, 1.82) is 0 Å². The van der Waals surface area contributed by atoms with Crippen molar-refractivity contribution in [3.8, 4) is 11.4 Å². The number of amides is 2. The lowest BCUT2D eigenvalue weighted by atomic mass is 9.81. The van der Waals surface area contributed by atoms with Crippen molar-refractivity contribution in [2.75, 3.05) is 18.0 Å². The van der Waals surface area contributed by atoms with Crippen LogP contribution in [0, 0.1) is 0 Å². The third kappa shape index (κ3) is 8.18. The van der Waals surface area contributed by atoms with Gasteiger partial charge in [-0.2, -0.15) is 4.58 Å². The molecule has 2 amide bonds. The second-order valence-corrected chi connectivity index (χ2v) is 17.4. The summed E-state index contributed by atoms with van der Waals surface area (Å²) in [6, 6.07) is 23.2. The van der Waals surface area contributed by atoms with Gasteiger partial charge in [0.15, 0.2) is 5.71 Å². The molecular formula is C50H56N7O4+. The molecule has 3 aliphatic heterocycles. The number of nitrogens with zero attached hydrogens (tertiary/aromatic N) is 7. The van der Waals surface area contributed by atoms with E-state index in [1.165, 1.54) is 45.1 Å². The number of hydroxylamine groups is 2. The zero-order valence-electron chi connectivity index (χ0n) is 36.1. The predicted molar refractivity (Wildman–Crippen MR) is 238 cm³/mol. The molecule has 2 aromatic heterocycles. The van der Waals surface area contributed by atoms with Crippen LogP contribution in [0.3, 0.4) is 0 Å². The number of pyridine rings is 1. The van der Waals surface area contributed by atoms with Crippen molar-refractivity contribution in [3.05, 3.63) is 131 Å². The number of anilines is 1. The van der Waals surface area contributed by atoms with Crippen molar-refractivity contribution in [2.45, 2.75) is 110 Å². The summed E-state index contributed by atoms with van der Waals surface area (Å²) in [5.74, 6) is -1.47. The van der Waals surface area contributed by atoms with Gasteiger partial charge in [-0.3, -0.25) is 14.6 Å². The number of hydrogen-bond donors (Lipinski definition) is 0. The van der Waals surface area contributed by atoms with Crippen LogP contribution in [0.2, 0.25) is 0 Å². The first-order valence-corrected chi connectivity index (χ1v) is 21.8. The molecule has 11 nitrogen and oxygen atoms in total. The SMILES string of the molecule is CCC[N+]1=C(/C=C/C2=C(n3cc(-c4ccccn4)nn3)C(=C/C=C3/N(CCCCCC(=O)ON4C(=O)CCC4=O)c4ccccc4C3(C)C)/CCC2)C(C)(C)c2ccccc21. The number of allylic oxidation sites excluding steroid dienone is 8. The molecule has 4 aliphatic rings. The van der Waals surface area contributed by atoms with Gasteiger partial charge in [0.25, 0.3) is 11.8 Å². The highest BCUT2D eigenvalue weighted by atomic mass is 16.7. The van der Waals surface area contributed by atoms with Crippen molar-refractivity contribution in [3.63, 3.8) is 0 Å². The van der Waals surface area contributed by atoms with Crippen LogP contribution in [0.25, 0.3) is 17.1 Å². The monoisotopic (exact) mass is 818 g/mol. The van der Waals surface area contributed by atoms with E-state index < -0.39 is 17.8 Å². The van der Waals surface area contributed by atoms with Crippen LogP contribution in [0.5, 0.6) is 0 Å². The first kappa shape index (κ1) is 41.5. The summed E-state index contributed by atoms with van der Waals surface area (Å²) in [7, 11) is 0. The minimum Gasteiger partial charge on any atom is -0.344 e. The van der Waals surface area contributed by atoms with E-state index in [1.54, 1.807) is 6.20 Å². The predicted octanol–water partition coefficient (Wildman–Crippen LogP) is 9.55. The van der Waals surface area contributed by atoms with Gasteiger partial charge < -0.3 is 9.74 Å². The smallest absolute Gasteiger partial charge is 0.333 e. The van der Waals surface area contributed by atoms with Crippen LogP contribution >= 0.6 is 0 Å². The molecule has 2 aromatic carbocycles. The molecule has 0 N–H and O–H groups in total. The second kappa shape index (κ2) is 17.4. The maximum Gasteiger partial charge on any atom is 0.333 e. The summed E-state index contributed by atoms with van der Waals surface area (Å²) in [4.78, 5) is 48.4. The minimum absolute atomic E-state index is 0.0845. The summed E-state index contributed by atoms with van der Waals surface area (Å²) in [5.41, 5.74) is 12.2. The van der Waals surface area contributed by atoms with Crippen molar-refractivity contribution in [2.24, 2.45) is 0 Å². The summed E-state index contributed by atoms with van der Waals surface area (Å²) < 4.78 is 4.44. The number of carbonyl (C=O) groups excluding carboxylic acids is 3. The number of benzene rings is 2. The average Bonchev–Trinajstić information content (AvgIpc) is 3.98.